The van der Waals surface area contributed by atoms with E-state index in [9.17, 15) is 22.4 Å². The highest BCUT2D eigenvalue weighted by Gasteiger charge is 2.29. The molecule has 0 saturated heterocycles. The summed E-state index contributed by atoms with van der Waals surface area (Å²) >= 11 is 0. The number of hydrogen-bond donors (Lipinski definition) is 3. The first kappa shape index (κ1) is 28.8. The van der Waals surface area contributed by atoms with Crippen molar-refractivity contribution in [1.29, 1.82) is 0 Å². The molecule has 1 aliphatic heterocycles. The van der Waals surface area contributed by atoms with Gasteiger partial charge in [0.1, 0.15) is 5.82 Å². The molecule has 4 rings (SSSR count). The van der Waals surface area contributed by atoms with Crippen LogP contribution in [0.15, 0.2) is 66.7 Å². The Morgan fingerprint density at radius 2 is 1.65 bits per heavy atom. The zero-order valence-electron chi connectivity index (χ0n) is 22.8. The van der Waals surface area contributed by atoms with Gasteiger partial charge in [-0.1, -0.05) is 24.3 Å². The fourth-order valence-electron chi connectivity index (χ4n) is 4.37. The van der Waals surface area contributed by atoms with Gasteiger partial charge < -0.3 is 20.9 Å². The highest BCUT2D eigenvalue weighted by molar-refractivity contribution is 7.92. The molecule has 3 aromatic rings. The molecule has 0 aromatic heterocycles. The van der Waals surface area contributed by atoms with Crippen LogP contribution in [0.25, 0.3) is 11.3 Å². The van der Waals surface area contributed by atoms with Gasteiger partial charge in [-0.3, -0.25) is 13.9 Å². The Bertz CT molecular complexity index is 1550. The molecule has 0 unspecified atom stereocenters. The SMILES string of the molecule is CNC(=O)Cc1ccc(C(Nc2ccc(N(CCN(C)C)S(C)(=O)=O)cc2)=C2C(=O)Nc3cc(F)ccc32)cc1. The van der Waals surface area contributed by atoms with Crippen LogP contribution in [0.5, 0.6) is 0 Å². The van der Waals surface area contributed by atoms with Crippen molar-refractivity contribution in [2.45, 2.75) is 6.42 Å². The first-order valence-corrected chi connectivity index (χ1v) is 14.5. The molecule has 2 amide bonds. The second-order valence-electron chi connectivity index (χ2n) is 9.75. The van der Waals surface area contributed by atoms with E-state index in [1.54, 1.807) is 37.4 Å². The highest BCUT2D eigenvalue weighted by Crippen LogP contribution is 2.38. The number of nitrogens with one attached hydrogen (secondary N) is 3. The van der Waals surface area contributed by atoms with Crippen LogP contribution in [0.2, 0.25) is 0 Å². The Morgan fingerprint density at radius 1 is 0.975 bits per heavy atom. The third-order valence-electron chi connectivity index (χ3n) is 6.44. The number of anilines is 3. The van der Waals surface area contributed by atoms with E-state index in [1.807, 2.05) is 43.3 Å². The summed E-state index contributed by atoms with van der Waals surface area (Å²) in [5.74, 6) is -0.973. The standard InChI is InChI=1S/C29H32FN5O4S/c1-31-26(36)17-19-5-7-20(8-6-19)28(27-24-14-9-21(30)18-25(24)33-29(27)37)32-22-10-12-23(13-11-22)35(40(4,38)39)16-15-34(2)3/h5-14,18,32H,15-17H2,1-4H3,(H,31,36)(H,33,37). The number of benzene rings is 3. The molecule has 11 heteroatoms. The predicted octanol–water partition coefficient (Wildman–Crippen LogP) is 3.37. The smallest absolute Gasteiger partial charge is 0.258 e. The number of halogens is 1. The normalized spacial score (nSPS) is 14.0. The Balaban J connectivity index is 1.73. The number of rotatable bonds is 10. The first-order valence-electron chi connectivity index (χ1n) is 12.6. The van der Waals surface area contributed by atoms with Gasteiger partial charge in [0, 0.05) is 31.4 Å². The quantitative estimate of drug-likeness (QED) is 0.325. The number of sulfonamides is 1. The Kier molecular flexibility index (Phi) is 8.55. The number of carbonyl (C=O) groups is 2. The Labute approximate surface area is 233 Å². The number of fused-ring (bicyclic) bond motifs is 1. The molecule has 9 nitrogen and oxygen atoms in total. The van der Waals surface area contributed by atoms with E-state index in [2.05, 4.69) is 16.0 Å². The summed E-state index contributed by atoms with van der Waals surface area (Å²) in [6.07, 6.45) is 1.38. The number of likely N-dealkylation sites (N-methyl/N-ethyl adjacent to an activating group) is 2. The van der Waals surface area contributed by atoms with Crippen LogP contribution in [-0.4, -0.2) is 65.6 Å². The fourth-order valence-corrected chi connectivity index (χ4v) is 5.29. The average Bonchev–Trinajstić information content (AvgIpc) is 3.22. The molecule has 0 saturated carbocycles. The summed E-state index contributed by atoms with van der Waals surface area (Å²) in [4.78, 5) is 26.8. The van der Waals surface area contributed by atoms with Crippen molar-refractivity contribution in [2.75, 3.05) is 55.4 Å². The summed E-state index contributed by atoms with van der Waals surface area (Å²) < 4.78 is 40.1. The van der Waals surface area contributed by atoms with E-state index in [0.29, 0.717) is 52.5 Å². The monoisotopic (exact) mass is 565 g/mol. The van der Waals surface area contributed by atoms with Gasteiger partial charge in [-0.25, -0.2) is 12.8 Å². The number of amides is 2. The lowest BCUT2D eigenvalue weighted by Crippen LogP contribution is -2.35. The molecular formula is C29H32FN5O4S. The maximum atomic E-state index is 13.9. The van der Waals surface area contributed by atoms with E-state index in [1.165, 1.54) is 22.7 Å². The lowest BCUT2D eigenvalue weighted by Gasteiger charge is -2.24. The summed E-state index contributed by atoms with van der Waals surface area (Å²) in [5.41, 5.74) is 4.34. The predicted molar refractivity (Wildman–Crippen MR) is 157 cm³/mol. The molecule has 1 heterocycles. The second-order valence-corrected chi connectivity index (χ2v) is 11.7. The van der Waals surface area contributed by atoms with Gasteiger partial charge in [0.2, 0.25) is 15.9 Å². The molecular weight excluding hydrogens is 533 g/mol. The van der Waals surface area contributed by atoms with Crippen LogP contribution in [0.3, 0.4) is 0 Å². The second kappa shape index (κ2) is 11.9. The van der Waals surface area contributed by atoms with Gasteiger partial charge in [-0.05, 0) is 67.7 Å². The zero-order valence-corrected chi connectivity index (χ0v) is 23.6. The molecule has 3 aromatic carbocycles. The molecule has 0 atom stereocenters. The minimum atomic E-state index is -3.50. The summed E-state index contributed by atoms with van der Waals surface area (Å²) in [5, 5.41) is 8.64. The lowest BCUT2D eigenvalue weighted by atomic mass is 9.98. The van der Waals surface area contributed by atoms with Crippen molar-refractivity contribution in [3.63, 3.8) is 0 Å². The fraction of sp³-hybridized carbons (Fsp3) is 0.241. The molecule has 40 heavy (non-hydrogen) atoms. The highest BCUT2D eigenvalue weighted by atomic mass is 32.2. The van der Waals surface area contributed by atoms with Crippen molar-refractivity contribution in [3.8, 4) is 0 Å². The van der Waals surface area contributed by atoms with Crippen LogP contribution in [0.1, 0.15) is 16.7 Å². The summed E-state index contributed by atoms with van der Waals surface area (Å²) in [6.45, 7) is 0.845. The molecule has 0 radical (unpaired) electrons. The van der Waals surface area contributed by atoms with Crippen LogP contribution in [0, 0.1) is 5.82 Å². The van der Waals surface area contributed by atoms with Crippen molar-refractivity contribution in [3.05, 3.63) is 89.2 Å². The molecule has 0 bridgehead atoms. The van der Waals surface area contributed by atoms with Gasteiger partial charge in [0.15, 0.2) is 0 Å². The topological polar surface area (TPSA) is 111 Å². The molecule has 1 aliphatic rings. The van der Waals surface area contributed by atoms with E-state index >= 15 is 0 Å². The molecule has 210 valence electrons. The molecule has 0 aliphatic carbocycles. The number of hydrogen-bond acceptors (Lipinski definition) is 6. The van der Waals surface area contributed by atoms with Crippen molar-refractivity contribution >= 4 is 50.2 Å². The largest absolute Gasteiger partial charge is 0.359 e. The van der Waals surface area contributed by atoms with Crippen LogP contribution in [-0.2, 0) is 26.0 Å². The summed E-state index contributed by atoms with van der Waals surface area (Å²) in [6, 6.07) is 18.2. The van der Waals surface area contributed by atoms with Crippen LogP contribution < -0.4 is 20.3 Å². The maximum absolute atomic E-state index is 13.9. The maximum Gasteiger partial charge on any atom is 0.258 e. The van der Waals surface area contributed by atoms with Gasteiger partial charge in [-0.15, -0.1) is 0 Å². The molecule has 0 fully saturated rings. The van der Waals surface area contributed by atoms with Crippen molar-refractivity contribution in [2.24, 2.45) is 0 Å². The molecule has 0 spiro atoms. The summed E-state index contributed by atoms with van der Waals surface area (Å²) in [7, 11) is 1.82. The van der Waals surface area contributed by atoms with Gasteiger partial charge >= 0.3 is 0 Å². The third-order valence-corrected chi connectivity index (χ3v) is 7.63. The number of nitrogens with zero attached hydrogens (tertiary/aromatic N) is 2. The lowest BCUT2D eigenvalue weighted by molar-refractivity contribution is -0.120. The van der Waals surface area contributed by atoms with Gasteiger partial charge in [0.25, 0.3) is 5.91 Å². The van der Waals surface area contributed by atoms with Gasteiger partial charge in [0.05, 0.1) is 35.3 Å². The molecule has 3 N–H and O–H groups in total. The van der Waals surface area contributed by atoms with E-state index < -0.39 is 15.8 Å². The zero-order chi connectivity index (χ0) is 29.0. The number of carbonyl (C=O) groups excluding carboxylic acids is 2. The van der Waals surface area contributed by atoms with Crippen molar-refractivity contribution in [1.82, 2.24) is 10.2 Å². The van der Waals surface area contributed by atoms with Crippen LogP contribution >= 0.6 is 0 Å². The Morgan fingerprint density at radius 3 is 2.25 bits per heavy atom. The Hall–Kier alpha value is -4.22. The van der Waals surface area contributed by atoms with Crippen LogP contribution in [0.4, 0.5) is 21.5 Å². The van der Waals surface area contributed by atoms with E-state index in [-0.39, 0.29) is 18.2 Å². The first-order chi connectivity index (χ1) is 19.0. The minimum absolute atomic E-state index is 0.121. The van der Waals surface area contributed by atoms with E-state index in [4.69, 9.17) is 0 Å². The van der Waals surface area contributed by atoms with E-state index in [0.717, 1.165) is 5.56 Å². The average molecular weight is 566 g/mol. The van der Waals surface area contributed by atoms with Gasteiger partial charge in [-0.2, -0.15) is 0 Å². The minimum Gasteiger partial charge on any atom is -0.359 e. The van der Waals surface area contributed by atoms with Crippen molar-refractivity contribution < 1.29 is 22.4 Å². The third kappa shape index (κ3) is 6.67.